The van der Waals surface area contributed by atoms with Gasteiger partial charge in [0, 0.05) is 23.4 Å². The van der Waals surface area contributed by atoms with Gasteiger partial charge in [-0.25, -0.2) is 0 Å². The lowest BCUT2D eigenvalue weighted by Crippen LogP contribution is -2.36. The predicted molar refractivity (Wildman–Crippen MR) is 83.0 cm³/mol. The number of thiophene rings is 1. The topological polar surface area (TPSA) is 51.0 Å². The van der Waals surface area contributed by atoms with Crippen LogP contribution in [0.5, 0.6) is 0 Å². The van der Waals surface area contributed by atoms with Crippen LogP contribution in [0.15, 0.2) is 15.3 Å². The molecule has 0 saturated heterocycles. The molecule has 1 atom stereocenters. The van der Waals surface area contributed by atoms with Crippen molar-refractivity contribution >= 4 is 11.3 Å². The molecule has 2 aromatic heterocycles. The van der Waals surface area contributed by atoms with Gasteiger partial charge in [0.25, 0.3) is 0 Å². The van der Waals surface area contributed by atoms with Crippen molar-refractivity contribution in [2.75, 3.05) is 6.54 Å². The monoisotopic (exact) mass is 293 g/mol. The van der Waals surface area contributed by atoms with Gasteiger partial charge in [-0.15, -0.1) is 0 Å². The van der Waals surface area contributed by atoms with Crippen molar-refractivity contribution < 1.29 is 4.52 Å². The summed E-state index contributed by atoms with van der Waals surface area (Å²) in [6.45, 7) is 9.70. The van der Waals surface area contributed by atoms with Gasteiger partial charge in [0.2, 0.25) is 11.7 Å². The Hall–Kier alpha value is -1.20. The minimum absolute atomic E-state index is 0.381. The summed E-state index contributed by atoms with van der Waals surface area (Å²) in [6, 6.07) is 0.381. The van der Waals surface area contributed by atoms with E-state index in [1.54, 1.807) is 11.3 Å². The highest BCUT2D eigenvalue weighted by molar-refractivity contribution is 7.08. The van der Waals surface area contributed by atoms with Crippen LogP contribution in [0.1, 0.15) is 38.6 Å². The average Bonchev–Trinajstić information content (AvgIpc) is 3.02. The molecule has 2 aromatic rings. The van der Waals surface area contributed by atoms with Crippen molar-refractivity contribution in [2.24, 2.45) is 5.92 Å². The van der Waals surface area contributed by atoms with E-state index in [-0.39, 0.29) is 0 Å². The van der Waals surface area contributed by atoms with E-state index in [1.165, 1.54) is 5.56 Å². The highest BCUT2D eigenvalue weighted by Gasteiger charge is 2.18. The van der Waals surface area contributed by atoms with Gasteiger partial charge in [-0.05, 0) is 36.8 Å². The van der Waals surface area contributed by atoms with Crippen LogP contribution in [0.2, 0.25) is 0 Å². The van der Waals surface area contributed by atoms with Crippen LogP contribution in [-0.4, -0.2) is 22.7 Å². The molecule has 0 fully saturated rings. The Balaban J connectivity index is 2.06. The first-order valence-corrected chi connectivity index (χ1v) is 8.15. The van der Waals surface area contributed by atoms with Gasteiger partial charge < -0.3 is 9.84 Å². The molecule has 2 rings (SSSR count). The lowest BCUT2D eigenvalue weighted by molar-refractivity contribution is 0.326. The summed E-state index contributed by atoms with van der Waals surface area (Å²) in [7, 11) is 0. The van der Waals surface area contributed by atoms with Crippen LogP contribution in [-0.2, 0) is 6.42 Å². The second-order valence-electron chi connectivity index (χ2n) is 5.49. The van der Waals surface area contributed by atoms with E-state index in [4.69, 9.17) is 4.52 Å². The standard InChI is InChI=1S/C15H23N3OS/c1-5-6-16-13(10(2)3)7-14-17-15(18-19-14)12-9-20-8-11(12)4/h8-10,13,16H,5-7H2,1-4H3. The quantitative estimate of drug-likeness (QED) is 0.846. The summed E-state index contributed by atoms with van der Waals surface area (Å²) in [5, 5.41) is 11.8. The third-order valence-corrected chi connectivity index (χ3v) is 4.28. The summed E-state index contributed by atoms with van der Waals surface area (Å²) in [4.78, 5) is 4.53. The number of aromatic nitrogens is 2. The molecule has 0 amide bonds. The first kappa shape index (κ1) is 15.2. The van der Waals surface area contributed by atoms with E-state index in [0.29, 0.717) is 23.7 Å². The molecule has 0 aliphatic heterocycles. The molecule has 0 spiro atoms. The van der Waals surface area contributed by atoms with Crippen molar-refractivity contribution in [2.45, 2.75) is 46.6 Å². The zero-order valence-corrected chi connectivity index (χ0v) is 13.5. The molecule has 110 valence electrons. The second-order valence-corrected chi connectivity index (χ2v) is 6.23. The summed E-state index contributed by atoms with van der Waals surface area (Å²) < 4.78 is 5.41. The number of nitrogens with one attached hydrogen (secondary N) is 1. The van der Waals surface area contributed by atoms with Gasteiger partial charge in [0.15, 0.2) is 0 Å². The van der Waals surface area contributed by atoms with Crippen LogP contribution < -0.4 is 5.32 Å². The van der Waals surface area contributed by atoms with E-state index >= 15 is 0 Å². The van der Waals surface area contributed by atoms with E-state index in [0.717, 1.165) is 24.9 Å². The molecule has 0 aliphatic carbocycles. The summed E-state index contributed by atoms with van der Waals surface area (Å²) >= 11 is 1.67. The summed E-state index contributed by atoms with van der Waals surface area (Å²) in [5.74, 6) is 1.96. The molecule has 1 unspecified atom stereocenters. The van der Waals surface area contributed by atoms with Crippen LogP contribution in [0.4, 0.5) is 0 Å². The summed E-state index contributed by atoms with van der Waals surface area (Å²) in [6.07, 6.45) is 1.92. The zero-order valence-electron chi connectivity index (χ0n) is 12.6. The van der Waals surface area contributed by atoms with Crippen LogP contribution >= 0.6 is 11.3 Å². The van der Waals surface area contributed by atoms with E-state index in [2.05, 4.69) is 53.9 Å². The Morgan fingerprint density at radius 3 is 2.75 bits per heavy atom. The molecule has 2 heterocycles. The van der Waals surface area contributed by atoms with Crippen molar-refractivity contribution in [1.29, 1.82) is 0 Å². The Kier molecular flexibility index (Phi) is 5.31. The van der Waals surface area contributed by atoms with Crippen molar-refractivity contribution in [3.05, 3.63) is 22.2 Å². The minimum Gasteiger partial charge on any atom is -0.339 e. The first-order valence-electron chi connectivity index (χ1n) is 7.21. The fraction of sp³-hybridized carbons (Fsp3) is 0.600. The molecule has 5 heteroatoms. The number of rotatable bonds is 7. The maximum Gasteiger partial charge on any atom is 0.228 e. The molecule has 0 radical (unpaired) electrons. The first-order chi connectivity index (χ1) is 9.61. The average molecular weight is 293 g/mol. The Bertz CT molecular complexity index is 533. The van der Waals surface area contributed by atoms with Crippen LogP contribution in [0.25, 0.3) is 11.4 Å². The molecule has 4 nitrogen and oxygen atoms in total. The van der Waals surface area contributed by atoms with Gasteiger partial charge in [-0.2, -0.15) is 16.3 Å². The lowest BCUT2D eigenvalue weighted by Gasteiger charge is -2.20. The van der Waals surface area contributed by atoms with E-state index in [1.807, 2.05) is 0 Å². The second kappa shape index (κ2) is 6.99. The fourth-order valence-electron chi connectivity index (χ4n) is 2.10. The highest BCUT2D eigenvalue weighted by Crippen LogP contribution is 2.24. The molecular weight excluding hydrogens is 270 g/mol. The van der Waals surface area contributed by atoms with Crippen LogP contribution in [0, 0.1) is 12.8 Å². The number of hydrogen-bond donors (Lipinski definition) is 1. The van der Waals surface area contributed by atoms with Crippen molar-refractivity contribution in [3.63, 3.8) is 0 Å². The molecule has 0 aromatic carbocycles. The van der Waals surface area contributed by atoms with Gasteiger partial charge >= 0.3 is 0 Å². The summed E-state index contributed by atoms with van der Waals surface area (Å²) in [5.41, 5.74) is 2.28. The molecule has 20 heavy (non-hydrogen) atoms. The van der Waals surface area contributed by atoms with Crippen LogP contribution in [0.3, 0.4) is 0 Å². The van der Waals surface area contributed by atoms with Gasteiger partial charge in [-0.3, -0.25) is 0 Å². The molecular formula is C15H23N3OS. The van der Waals surface area contributed by atoms with E-state index in [9.17, 15) is 0 Å². The fourth-order valence-corrected chi connectivity index (χ4v) is 2.92. The minimum atomic E-state index is 0.381. The van der Waals surface area contributed by atoms with Gasteiger partial charge in [-0.1, -0.05) is 25.9 Å². The van der Waals surface area contributed by atoms with Crippen molar-refractivity contribution in [3.8, 4) is 11.4 Å². The zero-order chi connectivity index (χ0) is 14.5. The third kappa shape index (κ3) is 3.67. The number of aryl methyl sites for hydroxylation is 1. The van der Waals surface area contributed by atoms with E-state index < -0.39 is 0 Å². The SMILES string of the molecule is CCCNC(Cc1nc(-c2cscc2C)no1)C(C)C. The third-order valence-electron chi connectivity index (χ3n) is 3.42. The molecule has 0 saturated carbocycles. The number of hydrogen-bond acceptors (Lipinski definition) is 5. The van der Waals surface area contributed by atoms with Gasteiger partial charge in [0.05, 0.1) is 0 Å². The molecule has 0 aliphatic rings. The maximum absolute atomic E-state index is 5.41. The Morgan fingerprint density at radius 1 is 1.35 bits per heavy atom. The lowest BCUT2D eigenvalue weighted by atomic mass is 10.0. The number of nitrogens with zero attached hydrogens (tertiary/aromatic N) is 2. The largest absolute Gasteiger partial charge is 0.339 e. The molecule has 0 bridgehead atoms. The maximum atomic E-state index is 5.41. The Labute approximate surface area is 124 Å². The normalized spacial score (nSPS) is 13.1. The smallest absolute Gasteiger partial charge is 0.228 e. The van der Waals surface area contributed by atoms with Crippen molar-refractivity contribution in [1.82, 2.24) is 15.5 Å². The van der Waals surface area contributed by atoms with Gasteiger partial charge in [0.1, 0.15) is 0 Å². The Morgan fingerprint density at radius 2 is 2.15 bits per heavy atom. The highest BCUT2D eigenvalue weighted by atomic mass is 32.1. The predicted octanol–water partition coefficient (Wildman–Crippen LogP) is 3.67. The molecule has 1 N–H and O–H groups in total.